The van der Waals surface area contributed by atoms with Gasteiger partial charge in [-0.15, -0.1) is 39.4 Å². The largest absolute Gasteiger partial charge is 0.316 e. The van der Waals surface area contributed by atoms with Crippen LogP contribution in [0.1, 0.15) is 53.6 Å². The average molecular weight is 526 g/mol. The fraction of sp³-hybridized carbons (Fsp3) is 0.462. The molecule has 0 aliphatic heterocycles. The Balaban J connectivity index is 1.48. The molecule has 6 nitrogen and oxygen atoms in total. The number of thiophene rings is 2. The van der Waals surface area contributed by atoms with Gasteiger partial charge in [-0.1, -0.05) is 38.6 Å². The van der Waals surface area contributed by atoms with Crippen LogP contribution in [0.4, 0.5) is 5.00 Å². The molecule has 4 rings (SSSR count). The van der Waals surface area contributed by atoms with Crippen LogP contribution < -0.4 is 5.32 Å². The van der Waals surface area contributed by atoms with Gasteiger partial charge in [-0.25, -0.2) is 0 Å². The van der Waals surface area contributed by atoms with E-state index >= 15 is 0 Å². The Kier molecular flexibility index (Phi) is 7.55. The van der Waals surface area contributed by atoms with E-state index in [9.17, 15) is 10.1 Å². The Bertz CT molecular complexity index is 1300. The van der Waals surface area contributed by atoms with E-state index in [4.69, 9.17) is 0 Å². The topological polar surface area (TPSA) is 83.6 Å². The van der Waals surface area contributed by atoms with Crippen LogP contribution in [-0.2, 0) is 24.2 Å². The van der Waals surface area contributed by atoms with Crippen LogP contribution in [0, 0.1) is 36.5 Å². The number of nitriles is 1. The maximum atomic E-state index is 12.9. The predicted molar refractivity (Wildman–Crippen MR) is 146 cm³/mol. The van der Waals surface area contributed by atoms with Gasteiger partial charge in [0.2, 0.25) is 5.91 Å². The second-order valence-electron chi connectivity index (χ2n) is 10.00. The van der Waals surface area contributed by atoms with Gasteiger partial charge in [0, 0.05) is 27.2 Å². The van der Waals surface area contributed by atoms with Gasteiger partial charge in [-0.3, -0.25) is 9.36 Å². The van der Waals surface area contributed by atoms with Gasteiger partial charge in [0.05, 0.1) is 11.3 Å². The van der Waals surface area contributed by atoms with Gasteiger partial charge in [-0.2, -0.15) is 5.26 Å². The highest BCUT2D eigenvalue weighted by Crippen LogP contribution is 2.44. The number of rotatable bonds is 7. The zero-order chi connectivity index (χ0) is 25.3. The van der Waals surface area contributed by atoms with Crippen molar-refractivity contribution in [1.82, 2.24) is 14.8 Å². The normalized spacial score (nSPS) is 15.5. The highest BCUT2D eigenvalue weighted by molar-refractivity contribution is 7.99. The van der Waals surface area contributed by atoms with E-state index in [1.54, 1.807) is 22.7 Å². The van der Waals surface area contributed by atoms with Crippen LogP contribution in [0.15, 0.2) is 23.2 Å². The number of thioether (sulfide) groups is 1. The SMILES string of the molecule is C=CCn1c(SCC(=O)Nc2sc3c(c2C#N)CCC(C(C)(C)C)C3)nnc1-c1csc(C)c1C. The summed E-state index contributed by atoms with van der Waals surface area (Å²) in [6.07, 6.45) is 4.76. The number of hydrogen-bond acceptors (Lipinski definition) is 7. The number of hydrogen-bond donors (Lipinski definition) is 1. The van der Waals surface area contributed by atoms with Gasteiger partial charge >= 0.3 is 0 Å². The Morgan fingerprint density at radius 3 is 2.80 bits per heavy atom. The fourth-order valence-corrected chi connectivity index (χ4v) is 7.35. The molecule has 0 radical (unpaired) electrons. The first-order valence-electron chi connectivity index (χ1n) is 11.7. The molecule has 184 valence electrons. The van der Waals surface area contributed by atoms with E-state index in [0.29, 0.717) is 28.2 Å². The second kappa shape index (κ2) is 10.3. The summed E-state index contributed by atoms with van der Waals surface area (Å²) in [6, 6.07) is 2.34. The Hall–Kier alpha value is -2.41. The third-order valence-electron chi connectivity index (χ3n) is 6.74. The summed E-state index contributed by atoms with van der Waals surface area (Å²) in [7, 11) is 0. The molecule has 1 amide bonds. The fourth-order valence-electron chi connectivity index (χ4n) is 4.45. The molecule has 0 saturated carbocycles. The van der Waals surface area contributed by atoms with Crippen molar-refractivity contribution in [2.24, 2.45) is 11.3 Å². The van der Waals surface area contributed by atoms with Crippen molar-refractivity contribution in [3.8, 4) is 17.5 Å². The van der Waals surface area contributed by atoms with Crippen molar-refractivity contribution < 1.29 is 4.79 Å². The van der Waals surface area contributed by atoms with Crippen molar-refractivity contribution >= 4 is 45.3 Å². The van der Waals surface area contributed by atoms with Crippen LogP contribution in [0.2, 0.25) is 0 Å². The lowest BCUT2D eigenvalue weighted by Gasteiger charge is -2.33. The van der Waals surface area contributed by atoms with E-state index in [1.807, 2.05) is 10.6 Å². The highest BCUT2D eigenvalue weighted by atomic mass is 32.2. The average Bonchev–Trinajstić information content (AvgIpc) is 3.46. The number of carbonyl (C=O) groups is 1. The maximum absolute atomic E-state index is 12.9. The monoisotopic (exact) mass is 525 g/mol. The molecule has 0 spiro atoms. The maximum Gasteiger partial charge on any atom is 0.235 e. The van der Waals surface area contributed by atoms with Crippen LogP contribution >= 0.6 is 34.4 Å². The van der Waals surface area contributed by atoms with Gasteiger partial charge in [0.1, 0.15) is 11.1 Å². The van der Waals surface area contributed by atoms with Gasteiger partial charge in [-0.05, 0) is 55.6 Å². The number of nitrogens with one attached hydrogen (secondary N) is 1. The number of allylic oxidation sites excluding steroid dienone is 1. The van der Waals surface area contributed by atoms with E-state index in [0.717, 1.165) is 36.2 Å². The summed E-state index contributed by atoms with van der Waals surface area (Å²) >= 11 is 4.61. The van der Waals surface area contributed by atoms with Crippen molar-refractivity contribution in [3.05, 3.63) is 44.5 Å². The first-order valence-corrected chi connectivity index (χ1v) is 14.4. The zero-order valence-corrected chi connectivity index (χ0v) is 23.3. The number of fused-ring (bicyclic) bond motifs is 1. The number of aromatic nitrogens is 3. The Morgan fingerprint density at radius 2 is 2.17 bits per heavy atom. The van der Waals surface area contributed by atoms with Crippen molar-refractivity contribution in [2.75, 3.05) is 11.1 Å². The standard InChI is InChI=1S/C26H31N5OS3/c1-7-10-31-23(20-13-33-16(3)15(20)2)29-30-25(31)34-14-22(32)28-24-19(12-27)18-9-8-17(26(4,5)6)11-21(18)35-24/h7,13,17H,1,8-11,14H2,2-6H3,(H,28,32). The molecule has 1 N–H and O–H groups in total. The Labute approximate surface area is 219 Å². The van der Waals surface area contributed by atoms with Crippen LogP contribution in [0.3, 0.4) is 0 Å². The van der Waals surface area contributed by atoms with E-state index in [1.165, 1.54) is 27.1 Å². The van der Waals surface area contributed by atoms with Gasteiger partial charge < -0.3 is 5.32 Å². The van der Waals surface area contributed by atoms with E-state index < -0.39 is 0 Å². The van der Waals surface area contributed by atoms with Crippen molar-refractivity contribution in [1.29, 1.82) is 5.26 Å². The number of anilines is 1. The molecule has 3 aromatic heterocycles. The number of carbonyl (C=O) groups excluding carboxylic acids is 1. The molecule has 1 aliphatic carbocycles. The molecular formula is C26H31N5OS3. The first-order chi connectivity index (χ1) is 16.6. The smallest absolute Gasteiger partial charge is 0.235 e. The molecule has 3 aromatic rings. The van der Waals surface area contributed by atoms with Gasteiger partial charge in [0.25, 0.3) is 0 Å². The molecule has 1 unspecified atom stereocenters. The third-order valence-corrected chi connectivity index (χ3v) is 9.89. The molecule has 3 heterocycles. The van der Waals surface area contributed by atoms with Crippen LogP contribution in [0.25, 0.3) is 11.4 Å². The number of amides is 1. The lowest BCUT2D eigenvalue weighted by molar-refractivity contribution is -0.113. The number of nitrogens with zero attached hydrogens (tertiary/aromatic N) is 4. The molecule has 35 heavy (non-hydrogen) atoms. The minimum Gasteiger partial charge on any atom is -0.316 e. The predicted octanol–water partition coefficient (Wildman–Crippen LogP) is 6.62. The summed E-state index contributed by atoms with van der Waals surface area (Å²) in [5, 5.41) is 25.0. The lowest BCUT2D eigenvalue weighted by atomic mass is 9.72. The summed E-state index contributed by atoms with van der Waals surface area (Å²) in [6.45, 7) is 15.4. The molecule has 0 fully saturated rings. The first kappa shape index (κ1) is 25.7. The molecule has 0 saturated heterocycles. The quantitative estimate of drug-likeness (QED) is 0.277. The zero-order valence-electron chi connectivity index (χ0n) is 20.9. The molecule has 1 aliphatic rings. The Morgan fingerprint density at radius 1 is 1.40 bits per heavy atom. The number of aryl methyl sites for hydroxylation is 1. The molecule has 9 heteroatoms. The summed E-state index contributed by atoms with van der Waals surface area (Å²) in [5.41, 5.74) is 4.25. The third kappa shape index (κ3) is 5.25. The van der Waals surface area contributed by atoms with Crippen molar-refractivity contribution in [3.63, 3.8) is 0 Å². The van der Waals surface area contributed by atoms with E-state index in [2.05, 4.69) is 68.2 Å². The molecule has 1 atom stereocenters. The minimum absolute atomic E-state index is 0.144. The lowest BCUT2D eigenvalue weighted by Crippen LogP contribution is -2.26. The summed E-state index contributed by atoms with van der Waals surface area (Å²) < 4.78 is 2.00. The molecular weight excluding hydrogens is 495 g/mol. The molecule has 0 aromatic carbocycles. The minimum atomic E-state index is -0.144. The van der Waals surface area contributed by atoms with Crippen LogP contribution in [-0.4, -0.2) is 26.4 Å². The van der Waals surface area contributed by atoms with Crippen LogP contribution in [0.5, 0.6) is 0 Å². The second-order valence-corrected chi connectivity index (χ2v) is 13.1. The summed E-state index contributed by atoms with van der Waals surface area (Å²) in [5.74, 6) is 1.42. The highest BCUT2D eigenvalue weighted by Gasteiger charge is 2.32. The molecule has 0 bridgehead atoms. The summed E-state index contributed by atoms with van der Waals surface area (Å²) in [4.78, 5) is 15.4. The van der Waals surface area contributed by atoms with Crippen molar-refractivity contribution in [2.45, 2.75) is 65.6 Å². The van der Waals surface area contributed by atoms with E-state index in [-0.39, 0.29) is 17.1 Å². The van der Waals surface area contributed by atoms with Gasteiger partial charge in [0.15, 0.2) is 11.0 Å².